The maximum atomic E-state index is 10.1. The van der Waals surface area contributed by atoms with Crippen LogP contribution in [-0.2, 0) is 0 Å². The van der Waals surface area contributed by atoms with Gasteiger partial charge in [0.15, 0.2) is 0 Å². The average molecular weight is 300 g/mol. The van der Waals surface area contributed by atoms with Gasteiger partial charge < -0.3 is 0 Å². The minimum absolute atomic E-state index is 0.737. The van der Waals surface area contributed by atoms with E-state index in [1.807, 2.05) is 63.2 Å². The standard InChI is InChI=1S/C8H8O.C7H8.C4H10.C2H6/c1-7-2-4-8(6-9)5-3-7;1-7-5-3-2-4-6-7;1-4(2)3;1-2/h2-6H,1H3;2-6H,1H3;4H,1-3H3;1-2H3. The van der Waals surface area contributed by atoms with Crippen LogP contribution in [0.3, 0.4) is 0 Å². The largest absolute Gasteiger partial charge is 0.298 e. The molecule has 0 aliphatic heterocycles. The van der Waals surface area contributed by atoms with E-state index in [0.717, 1.165) is 17.8 Å². The van der Waals surface area contributed by atoms with Gasteiger partial charge in [-0.3, -0.25) is 4.79 Å². The van der Waals surface area contributed by atoms with Gasteiger partial charge in [0, 0.05) is 5.56 Å². The lowest BCUT2D eigenvalue weighted by Crippen LogP contribution is -1.77. The lowest BCUT2D eigenvalue weighted by Gasteiger charge is -1.89. The van der Waals surface area contributed by atoms with E-state index in [-0.39, 0.29) is 0 Å². The van der Waals surface area contributed by atoms with E-state index in [2.05, 4.69) is 39.8 Å². The highest BCUT2D eigenvalue weighted by Crippen LogP contribution is 1.98. The van der Waals surface area contributed by atoms with Gasteiger partial charge in [-0.05, 0) is 19.8 Å². The summed E-state index contributed by atoms with van der Waals surface area (Å²) < 4.78 is 0. The van der Waals surface area contributed by atoms with Crippen molar-refractivity contribution < 1.29 is 4.79 Å². The molecule has 0 spiro atoms. The molecule has 0 aromatic heterocycles. The van der Waals surface area contributed by atoms with Crippen LogP contribution in [0.2, 0.25) is 0 Å². The predicted molar refractivity (Wildman–Crippen MR) is 99.6 cm³/mol. The Labute approximate surface area is 137 Å². The molecular formula is C21H32O. The average Bonchev–Trinajstić information content (AvgIpc) is 2.51. The first-order valence-corrected chi connectivity index (χ1v) is 7.99. The summed E-state index contributed by atoms with van der Waals surface area (Å²) in [5, 5.41) is 0. The zero-order chi connectivity index (χ0) is 17.4. The molecule has 122 valence electrons. The van der Waals surface area contributed by atoms with E-state index in [1.165, 1.54) is 11.1 Å². The third-order valence-corrected chi connectivity index (χ3v) is 2.15. The van der Waals surface area contributed by atoms with E-state index in [0.29, 0.717) is 0 Å². The van der Waals surface area contributed by atoms with Crippen LogP contribution in [-0.4, -0.2) is 6.29 Å². The number of hydrogen-bond acceptors (Lipinski definition) is 1. The number of carbonyl (C=O) groups is 1. The van der Waals surface area contributed by atoms with Crippen molar-refractivity contribution in [2.75, 3.05) is 0 Å². The van der Waals surface area contributed by atoms with Crippen molar-refractivity contribution in [3.63, 3.8) is 0 Å². The molecule has 0 N–H and O–H groups in total. The van der Waals surface area contributed by atoms with Gasteiger partial charge in [-0.15, -0.1) is 0 Å². The molecule has 0 aliphatic carbocycles. The van der Waals surface area contributed by atoms with Crippen LogP contribution in [0.5, 0.6) is 0 Å². The van der Waals surface area contributed by atoms with Gasteiger partial charge in [-0.25, -0.2) is 0 Å². The van der Waals surface area contributed by atoms with Crippen molar-refractivity contribution in [1.82, 2.24) is 0 Å². The molecule has 0 unspecified atom stereocenters. The van der Waals surface area contributed by atoms with Crippen LogP contribution in [0.4, 0.5) is 0 Å². The zero-order valence-corrected chi connectivity index (χ0v) is 15.3. The summed E-state index contributed by atoms with van der Waals surface area (Å²) in [6, 6.07) is 17.7. The van der Waals surface area contributed by atoms with E-state index in [1.54, 1.807) is 0 Å². The Bertz CT molecular complexity index is 452. The molecule has 0 radical (unpaired) electrons. The van der Waals surface area contributed by atoms with E-state index >= 15 is 0 Å². The second-order valence-electron chi connectivity index (χ2n) is 5.42. The fourth-order valence-corrected chi connectivity index (χ4v) is 1.18. The first kappa shape index (κ1) is 22.4. The van der Waals surface area contributed by atoms with Gasteiger partial charge in [0.1, 0.15) is 6.29 Å². The summed E-state index contributed by atoms with van der Waals surface area (Å²) in [4.78, 5) is 10.1. The Morgan fingerprint density at radius 1 is 0.727 bits per heavy atom. The Morgan fingerprint density at radius 3 is 1.36 bits per heavy atom. The normalized spacial score (nSPS) is 8.36. The number of carbonyl (C=O) groups excluding carboxylic acids is 1. The SMILES string of the molecule is CC.CC(C)C.Cc1ccc(C=O)cc1.Cc1ccccc1. The molecular weight excluding hydrogens is 268 g/mol. The third kappa shape index (κ3) is 16.2. The van der Waals surface area contributed by atoms with Crippen LogP contribution in [0.15, 0.2) is 54.6 Å². The van der Waals surface area contributed by atoms with Gasteiger partial charge in [0.05, 0.1) is 0 Å². The molecule has 0 aliphatic rings. The minimum Gasteiger partial charge on any atom is -0.298 e. The molecule has 0 heterocycles. The van der Waals surface area contributed by atoms with Gasteiger partial charge in [-0.2, -0.15) is 0 Å². The predicted octanol–water partition coefficient (Wildman–Crippen LogP) is 6.49. The van der Waals surface area contributed by atoms with Gasteiger partial charge >= 0.3 is 0 Å². The quantitative estimate of drug-likeness (QED) is 0.550. The van der Waals surface area contributed by atoms with Crippen molar-refractivity contribution in [2.45, 2.75) is 48.5 Å². The maximum Gasteiger partial charge on any atom is 0.150 e. The van der Waals surface area contributed by atoms with Crippen LogP contribution < -0.4 is 0 Å². The lowest BCUT2D eigenvalue weighted by atomic mass is 10.2. The number of benzene rings is 2. The van der Waals surface area contributed by atoms with Crippen molar-refractivity contribution in [3.05, 3.63) is 71.3 Å². The fourth-order valence-electron chi connectivity index (χ4n) is 1.18. The molecule has 1 heteroatoms. The number of aldehydes is 1. The van der Waals surface area contributed by atoms with Gasteiger partial charge in [0.25, 0.3) is 0 Å². The molecule has 2 aromatic rings. The van der Waals surface area contributed by atoms with E-state index in [9.17, 15) is 4.79 Å². The maximum absolute atomic E-state index is 10.1. The Kier molecular flexibility index (Phi) is 15.8. The molecule has 22 heavy (non-hydrogen) atoms. The summed E-state index contributed by atoms with van der Waals surface area (Å²) in [6.07, 6.45) is 0.847. The first-order valence-electron chi connectivity index (χ1n) is 7.99. The highest BCUT2D eigenvalue weighted by atomic mass is 16.1. The highest BCUT2D eigenvalue weighted by molar-refractivity contribution is 5.74. The van der Waals surface area contributed by atoms with Crippen LogP contribution in [0.25, 0.3) is 0 Å². The topological polar surface area (TPSA) is 17.1 Å². The molecule has 0 bridgehead atoms. The minimum atomic E-state index is 0.737. The number of hydrogen-bond donors (Lipinski definition) is 0. The Hall–Kier alpha value is -1.89. The van der Waals surface area contributed by atoms with Gasteiger partial charge in [0.2, 0.25) is 0 Å². The van der Waals surface area contributed by atoms with Gasteiger partial charge in [-0.1, -0.05) is 100 Å². The van der Waals surface area contributed by atoms with Crippen molar-refractivity contribution in [2.24, 2.45) is 5.92 Å². The summed E-state index contributed by atoms with van der Waals surface area (Å²) in [5.41, 5.74) is 3.24. The molecule has 0 fully saturated rings. The first-order chi connectivity index (χ1) is 10.5. The lowest BCUT2D eigenvalue weighted by molar-refractivity contribution is 0.112. The molecule has 2 rings (SSSR count). The summed E-state index contributed by atoms with van der Waals surface area (Å²) in [5.74, 6) is 0.833. The highest BCUT2D eigenvalue weighted by Gasteiger charge is 1.85. The van der Waals surface area contributed by atoms with Crippen LogP contribution in [0, 0.1) is 19.8 Å². The molecule has 0 saturated carbocycles. The van der Waals surface area contributed by atoms with E-state index in [4.69, 9.17) is 0 Å². The molecule has 1 nitrogen and oxygen atoms in total. The number of aryl methyl sites for hydroxylation is 2. The summed E-state index contributed by atoms with van der Waals surface area (Å²) in [6.45, 7) is 14.6. The molecule has 0 amide bonds. The molecule has 0 saturated heterocycles. The summed E-state index contributed by atoms with van der Waals surface area (Å²) >= 11 is 0. The monoisotopic (exact) mass is 300 g/mol. The van der Waals surface area contributed by atoms with Crippen molar-refractivity contribution in [3.8, 4) is 0 Å². The Balaban J connectivity index is 0. The molecule has 2 aromatic carbocycles. The number of rotatable bonds is 1. The second-order valence-corrected chi connectivity index (χ2v) is 5.42. The van der Waals surface area contributed by atoms with Crippen molar-refractivity contribution in [1.29, 1.82) is 0 Å². The Morgan fingerprint density at radius 2 is 1.09 bits per heavy atom. The molecule has 0 atom stereocenters. The van der Waals surface area contributed by atoms with E-state index < -0.39 is 0 Å². The third-order valence-electron chi connectivity index (χ3n) is 2.15. The fraction of sp³-hybridized carbons (Fsp3) is 0.381. The second kappa shape index (κ2) is 15.5. The van der Waals surface area contributed by atoms with Crippen LogP contribution >= 0.6 is 0 Å². The smallest absolute Gasteiger partial charge is 0.150 e. The van der Waals surface area contributed by atoms with Crippen molar-refractivity contribution >= 4 is 6.29 Å². The zero-order valence-electron chi connectivity index (χ0n) is 15.3. The summed E-state index contributed by atoms with van der Waals surface area (Å²) in [7, 11) is 0. The van der Waals surface area contributed by atoms with Crippen LogP contribution in [0.1, 0.15) is 56.1 Å².